The van der Waals surface area contributed by atoms with Crippen LogP contribution in [-0.2, 0) is 31.0 Å². The Kier molecular flexibility index (Phi) is 17.2. The number of amides is 2. The summed E-state index contributed by atoms with van der Waals surface area (Å²) in [6.07, 6.45) is 7.34. The number of nitrogens with one attached hydrogen (secondary N) is 2. The zero-order valence-electron chi connectivity index (χ0n) is 47.6. The van der Waals surface area contributed by atoms with Crippen molar-refractivity contribution in [3.8, 4) is 11.1 Å². The van der Waals surface area contributed by atoms with Gasteiger partial charge in [-0.25, -0.2) is 4.58 Å². The van der Waals surface area contributed by atoms with Crippen LogP contribution in [-0.4, -0.2) is 130 Å². The summed E-state index contributed by atoms with van der Waals surface area (Å²) in [4.78, 5) is 33.5. The van der Waals surface area contributed by atoms with E-state index in [0.29, 0.717) is 67.8 Å². The van der Waals surface area contributed by atoms with Crippen LogP contribution in [0.5, 0.6) is 0 Å². The van der Waals surface area contributed by atoms with E-state index in [1.54, 1.807) is 19.1 Å². The second-order valence-electron chi connectivity index (χ2n) is 22.4. The standard InChI is InChI=1S/C65H72B2N6O6Si/c1-42(2)64(74)68-30-17-31-69-65(75)48-33-46(32-47(34-48)63-54-28-25-49(70(3)4)36-61(54)80(9,10)62-37-50(71(5)6)26-29-55(62)63)43-24-27-53-56(35-43)58(41-73(8)39-45-19-12-16-23-60(45)67(78)79)52-21-14-13-20-51(52)57(53)40-72(7)38-44-18-11-15-22-59(44)66(76)77/h11-16,18-29,32-37,76-79H,1,17,30-31,38-41H2,2-10H3,(H-,68,69,74,75)/p+1. The molecule has 7 aromatic carbocycles. The number of rotatable bonds is 19. The van der Waals surface area contributed by atoms with Gasteiger partial charge in [0.2, 0.25) is 5.91 Å². The number of fused-ring (bicyclic) bond motifs is 4. The Morgan fingerprint density at radius 2 is 1.19 bits per heavy atom. The normalized spacial score (nSPS) is 13.6. The monoisotopic (exact) mass is 1080 g/mol. The third-order valence-corrected chi connectivity index (χ3v) is 19.2. The van der Waals surface area contributed by atoms with Gasteiger partial charge in [-0.1, -0.05) is 111 Å². The third-order valence-electron chi connectivity index (χ3n) is 15.7. The Bertz CT molecular complexity index is 3710. The summed E-state index contributed by atoms with van der Waals surface area (Å²) in [5.41, 5.74) is 14.1. The zero-order chi connectivity index (χ0) is 57.2. The van der Waals surface area contributed by atoms with Gasteiger partial charge in [-0.2, -0.15) is 0 Å². The summed E-state index contributed by atoms with van der Waals surface area (Å²) >= 11 is 0. The smallest absolute Gasteiger partial charge is 0.423 e. The summed E-state index contributed by atoms with van der Waals surface area (Å²) in [6.45, 7) is 13.0. The van der Waals surface area contributed by atoms with Crippen LogP contribution in [0.1, 0.15) is 57.1 Å². The van der Waals surface area contributed by atoms with E-state index in [-0.39, 0.29) is 11.8 Å². The van der Waals surface area contributed by atoms with Gasteiger partial charge in [-0.05, 0) is 168 Å². The molecule has 0 unspecified atom stereocenters. The number of hydrogen-bond donors (Lipinski definition) is 6. The van der Waals surface area contributed by atoms with Crippen LogP contribution >= 0.6 is 0 Å². The van der Waals surface area contributed by atoms with Crippen molar-refractivity contribution < 1.29 is 34.3 Å². The van der Waals surface area contributed by atoms with Crippen LogP contribution in [0.15, 0.2) is 169 Å². The highest BCUT2D eigenvalue weighted by molar-refractivity contribution is 6.98. The lowest BCUT2D eigenvalue weighted by molar-refractivity contribution is -0.462. The number of carbonyl (C=O) groups is 2. The number of hydrogen-bond acceptors (Lipinski definition) is 9. The zero-order valence-corrected chi connectivity index (χ0v) is 48.6. The molecular formula is C65H73B2N6O6Si+. The van der Waals surface area contributed by atoms with Gasteiger partial charge in [0.1, 0.15) is 22.2 Å². The van der Waals surface area contributed by atoms with Gasteiger partial charge < -0.3 is 35.6 Å². The molecular weight excluding hydrogens is 1010 g/mol. The number of anilines is 1. The van der Waals surface area contributed by atoms with Crippen LogP contribution in [0, 0.1) is 0 Å². The van der Waals surface area contributed by atoms with E-state index >= 15 is 0 Å². The maximum Gasteiger partial charge on any atom is 0.488 e. The Morgan fingerprint density at radius 1 is 0.625 bits per heavy atom. The van der Waals surface area contributed by atoms with Crippen LogP contribution in [0.2, 0.25) is 13.1 Å². The number of carbonyl (C=O) groups excluding carboxylic acids is 2. The minimum absolute atomic E-state index is 0.214. The second-order valence-corrected chi connectivity index (χ2v) is 26.8. The molecule has 7 aromatic rings. The fourth-order valence-electron chi connectivity index (χ4n) is 11.5. The summed E-state index contributed by atoms with van der Waals surface area (Å²) in [5.74, 6) is -0.436. The molecule has 0 radical (unpaired) electrons. The Morgan fingerprint density at radius 3 is 1.77 bits per heavy atom. The van der Waals surface area contributed by atoms with E-state index in [1.807, 2.05) is 62.6 Å². The number of allylic oxidation sites excluding steroid dienone is 5. The number of benzene rings is 7. The first kappa shape index (κ1) is 57.2. The lowest BCUT2D eigenvalue weighted by Gasteiger charge is -2.38. The third kappa shape index (κ3) is 12.0. The number of nitrogens with zero attached hydrogens (tertiary/aromatic N) is 4. The minimum Gasteiger partial charge on any atom is -0.423 e. The highest BCUT2D eigenvalue weighted by Gasteiger charge is 2.41. The van der Waals surface area contributed by atoms with E-state index in [1.165, 1.54) is 10.4 Å². The minimum atomic E-state index is -2.31. The van der Waals surface area contributed by atoms with Crippen molar-refractivity contribution >= 4 is 88.8 Å². The molecule has 1 heterocycles. The highest BCUT2D eigenvalue weighted by atomic mass is 28.3. The van der Waals surface area contributed by atoms with E-state index in [2.05, 4.69) is 163 Å². The van der Waals surface area contributed by atoms with Crippen molar-refractivity contribution in [2.75, 3.05) is 60.3 Å². The first-order valence-corrected chi connectivity index (χ1v) is 30.3. The highest BCUT2D eigenvalue weighted by Crippen LogP contribution is 2.44. The molecule has 0 fully saturated rings. The molecule has 0 spiro atoms. The van der Waals surface area contributed by atoms with Crippen LogP contribution in [0.3, 0.4) is 0 Å². The molecule has 6 N–H and O–H groups in total. The largest absolute Gasteiger partial charge is 0.488 e. The second kappa shape index (κ2) is 24.1. The Labute approximate surface area is 472 Å². The first-order valence-electron chi connectivity index (χ1n) is 27.3. The Balaban J connectivity index is 1.24. The van der Waals surface area contributed by atoms with Gasteiger partial charge >= 0.3 is 14.2 Å². The average molecular weight is 1080 g/mol. The van der Waals surface area contributed by atoms with Crippen molar-refractivity contribution in [2.24, 2.45) is 0 Å². The molecule has 9 rings (SSSR count). The summed E-state index contributed by atoms with van der Waals surface area (Å²) in [7, 11) is 6.88. The van der Waals surface area contributed by atoms with E-state index in [4.69, 9.17) is 0 Å². The van der Waals surface area contributed by atoms with Crippen molar-refractivity contribution in [2.45, 2.75) is 52.6 Å². The van der Waals surface area contributed by atoms with Gasteiger partial charge in [0.05, 0.1) is 0 Å². The summed E-state index contributed by atoms with van der Waals surface area (Å²) in [6, 6.07) is 43.0. The fourth-order valence-corrected chi connectivity index (χ4v) is 14.5. The fraction of sp³-hybridized carbons (Fsp3) is 0.246. The first-order chi connectivity index (χ1) is 38.2. The van der Waals surface area contributed by atoms with Gasteiger partial charge in [-0.3, -0.25) is 19.4 Å². The maximum atomic E-state index is 14.7. The molecule has 80 heavy (non-hydrogen) atoms. The molecule has 15 heteroatoms. The van der Waals surface area contributed by atoms with E-state index in [9.17, 15) is 29.7 Å². The van der Waals surface area contributed by atoms with Gasteiger partial charge in [-0.15, -0.1) is 0 Å². The quantitative estimate of drug-likeness (QED) is 0.0172. The van der Waals surface area contributed by atoms with Gasteiger partial charge in [0.25, 0.3) is 5.91 Å². The molecule has 0 atom stereocenters. The molecule has 2 aliphatic rings. The summed E-state index contributed by atoms with van der Waals surface area (Å²) in [5, 5.41) is 54.3. The molecule has 0 aromatic heterocycles. The summed E-state index contributed by atoms with van der Waals surface area (Å²) < 4.78 is 2.15. The Hall–Kier alpha value is -7.46. The molecule has 0 saturated carbocycles. The molecule has 408 valence electrons. The van der Waals surface area contributed by atoms with Crippen molar-refractivity contribution in [3.05, 3.63) is 207 Å². The van der Waals surface area contributed by atoms with Crippen LogP contribution in [0.25, 0.3) is 38.2 Å². The molecule has 0 bridgehead atoms. The SMILES string of the molecule is C=C(C)C(=O)NCCCNC(=O)c1cc(C2=C3C=CC(=[N+](C)C)C=C3[Si](C)(C)c3cc(N(C)C)ccc32)cc(-c2ccc3c(CN(C)Cc4ccccc4B(O)O)c4ccccc4c(CN(C)Cc4ccccc4B(O)O)c3c2)c1. The molecule has 1 aliphatic heterocycles. The van der Waals surface area contributed by atoms with Crippen molar-refractivity contribution in [3.63, 3.8) is 0 Å². The van der Waals surface area contributed by atoms with Gasteiger partial charge in [0, 0.05) is 82.3 Å². The van der Waals surface area contributed by atoms with E-state index < -0.39 is 22.3 Å². The molecule has 0 saturated heterocycles. The van der Waals surface area contributed by atoms with Gasteiger partial charge in [0.15, 0.2) is 5.71 Å². The average Bonchev–Trinajstić information content (AvgIpc) is 3.57. The van der Waals surface area contributed by atoms with E-state index in [0.717, 1.165) is 88.6 Å². The lowest BCUT2D eigenvalue weighted by atomic mass is 9.77. The lowest BCUT2D eigenvalue weighted by Crippen LogP contribution is -2.49. The molecule has 1 aliphatic carbocycles. The van der Waals surface area contributed by atoms with Crippen molar-refractivity contribution in [1.82, 2.24) is 20.4 Å². The molecule has 12 nitrogen and oxygen atoms in total. The predicted octanol–water partition coefficient (Wildman–Crippen LogP) is 6.64. The molecule has 2 amide bonds. The van der Waals surface area contributed by atoms with Crippen molar-refractivity contribution in [1.29, 1.82) is 0 Å². The topological polar surface area (TPSA) is 152 Å². The van der Waals surface area contributed by atoms with Crippen LogP contribution in [0.4, 0.5) is 5.69 Å². The van der Waals surface area contributed by atoms with Crippen LogP contribution < -0.4 is 31.6 Å². The maximum absolute atomic E-state index is 14.7. The predicted molar refractivity (Wildman–Crippen MR) is 333 cm³/mol.